The lowest BCUT2D eigenvalue weighted by Crippen LogP contribution is -2.37. The van der Waals surface area contributed by atoms with E-state index in [1.165, 1.54) is 12.3 Å². The molecule has 1 aliphatic carbocycles. The summed E-state index contributed by atoms with van der Waals surface area (Å²) in [6.45, 7) is 0.544. The first-order valence-electron chi connectivity index (χ1n) is 8.09. The standard InChI is InChI=1S/C17H24N2O4/c20-15(13-4-1-2-5-13)12-19-17(22)9-10-18-16(21)8-7-14-6-3-11-23-14/h3,6-8,11,13,15,20H,1-2,4-5,9-10,12H2,(H,18,21)(H,19,22). The Bertz CT molecular complexity index is 519. The minimum atomic E-state index is -0.465. The zero-order valence-corrected chi connectivity index (χ0v) is 13.2. The maximum atomic E-state index is 11.7. The fourth-order valence-electron chi connectivity index (χ4n) is 2.72. The van der Waals surface area contributed by atoms with Crippen molar-refractivity contribution in [2.24, 2.45) is 5.92 Å². The van der Waals surface area contributed by atoms with Gasteiger partial charge in [-0.15, -0.1) is 0 Å². The Morgan fingerprint density at radius 3 is 2.83 bits per heavy atom. The van der Waals surface area contributed by atoms with Crippen molar-refractivity contribution in [3.8, 4) is 0 Å². The van der Waals surface area contributed by atoms with Crippen LogP contribution in [0, 0.1) is 5.92 Å². The summed E-state index contributed by atoms with van der Waals surface area (Å²) >= 11 is 0. The molecule has 126 valence electrons. The highest BCUT2D eigenvalue weighted by molar-refractivity contribution is 5.91. The molecule has 0 saturated heterocycles. The molecule has 3 N–H and O–H groups in total. The van der Waals surface area contributed by atoms with Crippen LogP contribution in [0.5, 0.6) is 0 Å². The van der Waals surface area contributed by atoms with E-state index in [0.717, 1.165) is 25.7 Å². The minimum Gasteiger partial charge on any atom is -0.465 e. The summed E-state index contributed by atoms with van der Waals surface area (Å²) in [5.41, 5.74) is 0. The topological polar surface area (TPSA) is 91.6 Å². The number of rotatable bonds is 8. The van der Waals surface area contributed by atoms with E-state index in [1.54, 1.807) is 18.2 Å². The lowest BCUT2D eigenvalue weighted by atomic mass is 10.0. The van der Waals surface area contributed by atoms with E-state index in [2.05, 4.69) is 10.6 Å². The van der Waals surface area contributed by atoms with Crippen LogP contribution in [0.4, 0.5) is 0 Å². The molecule has 1 aliphatic rings. The van der Waals surface area contributed by atoms with Crippen LogP contribution in [0.1, 0.15) is 37.9 Å². The third-order valence-electron chi connectivity index (χ3n) is 4.05. The maximum Gasteiger partial charge on any atom is 0.244 e. The summed E-state index contributed by atoms with van der Waals surface area (Å²) in [6.07, 6.45) is 8.57. The maximum absolute atomic E-state index is 11.7. The number of furan rings is 1. The summed E-state index contributed by atoms with van der Waals surface area (Å²) in [5, 5.41) is 15.3. The molecule has 1 heterocycles. The molecular formula is C17H24N2O4. The lowest BCUT2D eigenvalue weighted by molar-refractivity contribution is -0.121. The van der Waals surface area contributed by atoms with Gasteiger partial charge in [0.15, 0.2) is 0 Å². The number of amides is 2. The minimum absolute atomic E-state index is 0.169. The number of hydrogen-bond donors (Lipinski definition) is 3. The van der Waals surface area contributed by atoms with E-state index in [9.17, 15) is 14.7 Å². The third-order valence-corrected chi connectivity index (χ3v) is 4.05. The van der Waals surface area contributed by atoms with Crippen molar-refractivity contribution in [3.63, 3.8) is 0 Å². The first-order chi connectivity index (χ1) is 11.1. The van der Waals surface area contributed by atoms with Crippen LogP contribution in [0.2, 0.25) is 0 Å². The van der Waals surface area contributed by atoms with Crippen LogP contribution < -0.4 is 10.6 Å². The smallest absolute Gasteiger partial charge is 0.244 e. The van der Waals surface area contributed by atoms with Gasteiger partial charge in [-0.3, -0.25) is 9.59 Å². The number of nitrogens with one attached hydrogen (secondary N) is 2. The van der Waals surface area contributed by atoms with Gasteiger partial charge >= 0.3 is 0 Å². The predicted molar refractivity (Wildman–Crippen MR) is 86.3 cm³/mol. The molecule has 1 aromatic rings. The number of carbonyl (C=O) groups is 2. The van der Waals surface area contributed by atoms with Gasteiger partial charge < -0.3 is 20.2 Å². The Labute approximate surface area is 135 Å². The zero-order valence-electron chi connectivity index (χ0n) is 13.2. The number of hydrogen-bond acceptors (Lipinski definition) is 4. The Balaban J connectivity index is 1.56. The van der Waals surface area contributed by atoms with Crippen LogP contribution in [0.25, 0.3) is 6.08 Å². The number of carbonyl (C=O) groups excluding carboxylic acids is 2. The molecule has 6 heteroatoms. The van der Waals surface area contributed by atoms with E-state index in [-0.39, 0.29) is 31.3 Å². The van der Waals surface area contributed by atoms with E-state index in [1.807, 2.05) is 0 Å². The van der Waals surface area contributed by atoms with Crippen molar-refractivity contribution < 1.29 is 19.1 Å². The summed E-state index contributed by atoms with van der Waals surface area (Å²) in [7, 11) is 0. The molecule has 0 aromatic carbocycles. The zero-order chi connectivity index (χ0) is 16.5. The van der Waals surface area contributed by atoms with Gasteiger partial charge in [-0.25, -0.2) is 0 Å². The molecule has 0 spiro atoms. The van der Waals surface area contributed by atoms with Crippen molar-refractivity contribution >= 4 is 17.9 Å². The van der Waals surface area contributed by atoms with E-state index >= 15 is 0 Å². The second-order valence-corrected chi connectivity index (χ2v) is 5.81. The van der Waals surface area contributed by atoms with Crippen LogP contribution >= 0.6 is 0 Å². The van der Waals surface area contributed by atoms with Crippen molar-refractivity contribution in [2.45, 2.75) is 38.2 Å². The van der Waals surface area contributed by atoms with Crippen LogP contribution in [-0.2, 0) is 9.59 Å². The van der Waals surface area contributed by atoms with Gasteiger partial charge in [-0.2, -0.15) is 0 Å². The van der Waals surface area contributed by atoms with Crippen LogP contribution in [0.15, 0.2) is 28.9 Å². The van der Waals surface area contributed by atoms with Crippen molar-refractivity contribution in [1.82, 2.24) is 10.6 Å². The molecule has 6 nitrogen and oxygen atoms in total. The molecule has 1 unspecified atom stereocenters. The molecule has 1 atom stereocenters. The van der Waals surface area contributed by atoms with Crippen molar-refractivity contribution in [3.05, 3.63) is 30.2 Å². The lowest BCUT2D eigenvalue weighted by Gasteiger charge is -2.18. The third kappa shape index (κ3) is 6.28. The van der Waals surface area contributed by atoms with Crippen molar-refractivity contribution in [2.75, 3.05) is 13.1 Å². The monoisotopic (exact) mass is 320 g/mol. The number of aliphatic hydroxyl groups excluding tert-OH is 1. The molecular weight excluding hydrogens is 296 g/mol. The predicted octanol–water partition coefficient (Wildman–Crippen LogP) is 1.47. The molecule has 23 heavy (non-hydrogen) atoms. The van der Waals surface area contributed by atoms with Gasteiger partial charge in [0.1, 0.15) is 5.76 Å². The van der Waals surface area contributed by atoms with E-state index in [0.29, 0.717) is 11.7 Å². The first kappa shape index (κ1) is 17.3. The second kappa shape index (κ2) is 9.15. The van der Waals surface area contributed by atoms with Gasteiger partial charge in [0.2, 0.25) is 11.8 Å². The van der Waals surface area contributed by atoms with Crippen LogP contribution in [-0.4, -0.2) is 36.1 Å². The highest BCUT2D eigenvalue weighted by atomic mass is 16.3. The molecule has 2 amide bonds. The normalized spacial score (nSPS) is 16.6. The highest BCUT2D eigenvalue weighted by Crippen LogP contribution is 2.27. The summed E-state index contributed by atoms with van der Waals surface area (Å²) in [5.74, 6) is 0.457. The summed E-state index contributed by atoms with van der Waals surface area (Å²) in [6, 6.07) is 3.48. The van der Waals surface area contributed by atoms with Gasteiger partial charge in [-0.1, -0.05) is 12.8 Å². The molecule has 0 radical (unpaired) electrons. The average Bonchev–Trinajstić information content (AvgIpc) is 3.23. The summed E-state index contributed by atoms with van der Waals surface area (Å²) < 4.78 is 5.07. The SMILES string of the molecule is O=C(C=Cc1ccco1)NCCC(=O)NCC(O)C1CCCC1. The van der Waals surface area contributed by atoms with Crippen molar-refractivity contribution in [1.29, 1.82) is 0 Å². The Morgan fingerprint density at radius 1 is 1.35 bits per heavy atom. The fraction of sp³-hybridized carbons (Fsp3) is 0.529. The van der Waals surface area contributed by atoms with Gasteiger partial charge in [0.05, 0.1) is 12.4 Å². The molecule has 1 fully saturated rings. The van der Waals surface area contributed by atoms with E-state index < -0.39 is 6.10 Å². The van der Waals surface area contributed by atoms with Gasteiger partial charge in [0, 0.05) is 25.6 Å². The Hall–Kier alpha value is -2.08. The molecule has 1 saturated carbocycles. The molecule has 0 bridgehead atoms. The summed E-state index contributed by atoms with van der Waals surface area (Å²) in [4.78, 5) is 23.2. The molecule has 1 aromatic heterocycles. The van der Waals surface area contributed by atoms with Crippen LogP contribution in [0.3, 0.4) is 0 Å². The second-order valence-electron chi connectivity index (χ2n) is 5.81. The largest absolute Gasteiger partial charge is 0.465 e. The highest BCUT2D eigenvalue weighted by Gasteiger charge is 2.23. The Kier molecular flexibility index (Phi) is 6.87. The Morgan fingerprint density at radius 2 is 2.13 bits per heavy atom. The first-order valence-corrected chi connectivity index (χ1v) is 8.09. The molecule has 0 aliphatic heterocycles. The fourth-order valence-corrected chi connectivity index (χ4v) is 2.72. The van der Waals surface area contributed by atoms with Gasteiger partial charge in [0.25, 0.3) is 0 Å². The average molecular weight is 320 g/mol. The quantitative estimate of drug-likeness (QED) is 0.633. The number of aliphatic hydroxyl groups is 1. The van der Waals surface area contributed by atoms with Gasteiger partial charge in [-0.05, 0) is 37.0 Å². The molecule has 2 rings (SSSR count). The van der Waals surface area contributed by atoms with E-state index in [4.69, 9.17) is 4.42 Å².